The van der Waals surface area contributed by atoms with Crippen molar-refractivity contribution < 1.29 is 19.1 Å². The van der Waals surface area contributed by atoms with Crippen LogP contribution in [-0.4, -0.2) is 52.5 Å². The summed E-state index contributed by atoms with van der Waals surface area (Å²) in [4.78, 5) is 27.0. The molecule has 2 aromatic rings. The van der Waals surface area contributed by atoms with Gasteiger partial charge < -0.3 is 19.7 Å². The van der Waals surface area contributed by atoms with E-state index in [1.54, 1.807) is 11.0 Å². The molecular formula is C23H30N4O4. The van der Waals surface area contributed by atoms with Gasteiger partial charge in [0.15, 0.2) is 5.69 Å². The number of hydrogen-bond donors (Lipinski definition) is 1. The molecule has 0 atom stereocenters. The Morgan fingerprint density at radius 3 is 2.61 bits per heavy atom. The zero-order valence-electron chi connectivity index (χ0n) is 18.2. The molecule has 0 radical (unpaired) electrons. The summed E-state index contributed by atoms with van der Waals surface area (Å²) in [6.45, 7) is 7.29. The molecule has 8 heteroatoms. The van der Waals surface area contributed by atoms with Gasteiger partial charge in [0.05, 0.1) is 12.2 Å². The summed E-state index contributed by atoms with van der Waals surface area (Å²) in [6.07, 6.45) is 2.05. The standard InChI is InChI=1S/C23H30N4O4/c1-16-10-17(2)12-18(11-16)15-31-23(29)26-6-3-7-27-20(14-26)13-21(25-27)22(28)24-19-4-8-30-9-5-19/h10-13,19H,3-9,14-15H2,1-2H3,(H,24,28). The predicted molar refractivity (Wildman–Crippen MR) is 115 cm³/mol. The molecule has 4 rings (SSSR count). The number of benzene rings is 1. The first-order valence-electron chi connectivity index (χ1n) is 10.9. The molecule has 1 aromatic carbocycles. The second-order valence-electron chi connectivity index (χ2n) is 8.43. The third kappa shape index (κ3) is 5.44. The molecule has 166 valence electrons. The molecular weight excluding hydrogens is 396 g/mol. The van der Waals surface area contributed by atoms with E-state index < -0.39 is 0 Å². The molecule has 2 amide bonds. The molecule has 0 unspecified atom stereocenters. The van der Waals surface area contributed by atoms with Crippen molar-refractivity contribution in [2.45, 2.75) is 58.8 Å². The van der Waals surface area contributed by atoms with Crippen LogP contribution >= 0.6 is 0 Å². The summed E-state index contributed by atoms with van der Waals surface area (Å²) in [5.74, 6) is -0.170. The number of aromatic nitrogens is 2. The van der Waals surface area contributed by atoms with E-state index in [4.69, 9.17) is 9.47 Å². The van der Waals surface area contributed by atoms with Gasteiger partial charge in [-0.3, -0.25) is 9.48 Å². The maximum atomic E-state index is 12.7. The minimum absolute atomic E-state index is 0.125. The van der Waals surface area contributed by atoms with Gasteiger partial charge in [-0.15, -0.1) is 0 Å². The largest absolute Gasteiger partial charge is 0.445 e. The highest BCUT2D eigenvalue weighted by Crippen LogP contribution is 2.17. The van der Waals surface area contributed by atoms with Crippen LogP contribution < -0.4 is 5.32 Å². The Morgan fingerprint density at radius 1 is 1.13 bits per heavy atom. The summed E-state index contributed by atoms with van der Waals surface area (Å²) < 4.78 is 12.7. The van der Waals surface area contributed by atoms with Gasteiger partial charge in [0.25, 0.3) is 5.91 Å². The van der Waals surface area contributed by atoms with Crippen LogP contribution in [0.3, 0.4) is 0 Å². The lowest BCUT2D eigenvalue weighted by atomic mass is 10.1. The number of ether oxygens (including phenoxy) is 2. The van der Waals surface area contributed by atoms with Crippen molar-refractivity contribution in [1.29, 1.82) is 0 Å². The molecule has 0 bridgehead atoms. The maximum absolute atomic E-state index is 12.7. The first kappa shape index (κ1) is 21.4. The van der Waals surface area contributed by atoms with Gasteiger partial charge in [-0.2, -0.15) is 5.10 Å². The van der Waals surface area contributed by atoms with Gasteiger partial charge >= 0.3 is 6.09 Å². The molecule has 8 nitrogen and oxygen atoms in total. The van der Waals surface area contributed by atoms with Crippen LogP contribution in [-0.2, 0) is 29.2 Å². The Bertz CT molecular complexity index is 929. The monoisotopic (exact) mass is 426 g/mol. The van der Waals surface area contributed by atoms with Gasteiger partial charge in [-0.05, 0) is 44.7 Å². The van der Waals surface area contributed by atoms with Crippen LogP contribution in [0.2, 0.25) is 0 Å². The second-order valence-corrected chi connectivity index (χ2v) is 8.43. The van der Waals surface area contributed by atoms with E-state index in [9.17, 15) is 9.59 Å². The fourth-order valence-corrected chi connectivity index (χ4v) is 4.22. The van der Waals surface area contributed by atoms with Crippen molar-refractivity contribution in [2.24, 2.45) is 0 Å². The number of carbonyl (C=O) groups excluding carboxylic acids is 2. The van der Waals surface area contributed by atoms with Gasteiger partial charge in [0, 0.05) is 32.3 Å². The summed E-state index contributed by atoms with van der Waals surface area (Å²) in [5.41, 5.74) is 4.52. The van der Waals surface area contributed by atoms with Gasteiger partial charge in [-0.25, -0.2) is 4.79 Å². The topological polar surface area (TPSA) is 85.7 Å². The highest BCUT2D eigenvalue weighted by molar-refractivity contribution is 5.92. The molecule has 1 aromatic heterocycles. The normalized spacial score (nSPS) is 17.0. The molecule has 0 aliphatic carbocycles. The molecule has 0 saturated carbocycles. The number of fused-ring (bicyclic) bond motifs is 1. The molecule has 31 heavy (non-hydrogen) atoms. The van der Waals surface area contributed by atoms with Crippen molar-refractivity contribution >= 4 is 12.0 Å². The van der Waals surface area contributed by atoms with Gasteiger partial charge in [0.2, 0.25) is 0 Å². The summed E-state index contributed by atoms with van der Waals surface area (Å²) in [5, 5.41) is 7.52. The van der Waals surface area contributed by atoms with E-state index in [1.165, 1.54) is 0 Å². The highest BCUT2D eigenvalue weighted by Gasteiger charge is 2.24. The molecule has 1 saturated heterocycles. The molecule has 2 aliphatic heterocycles. The number of amides is 2. The SMILES string of the molecule is Cc1cc(C)cc(COC(=O)N2CCCn3nc(C(=O)NC4CCOCC4)cc3C2)c1. The Morgan fingerprint density at radius 2 is 1.87 bits per heavy atom. The van der Waals surface area contributed by atoms with E-state index in [0.717, 1.165) is 41.6 Å². The van der Waals surface area contributed by atoms with Crippen LogP contribution in [0, 0.1) is 13.8 Å². The van der Waals surface area contributed by atoms with Crippen molar-refractivity contribution in [3.05, 3.63) is 52.3 Å². The third-order valence-corrected chi connectivity index (χ3v) is 5.71. The summed E-state index contributed by atoms with van der Waals surface area (Å²) in [7, 11) is 0. The lowest BCUT2D eigenvalue weighted by molar-refractivity contribution is 0.0693. The second kappa shape index (κ2) is 9.51. The van der Waals surface area contributed by atoms with E-state index in [1.807, 2.05) is 30.7 Å². The molecule has 0 spiro atoms. The first-order valence-corrected chi connectivity index (χ1v) is 10.9. The average Bonchev–Trinajstić information content (AvgIpc) is 3.04. The molecule has 3 heterocycles. The van der Waals surface area contributed by atoms with Gasteiger partial charge in [0.1, 0.15) is 6.61 Å². The third-order valence-electron chi connectivity index (χ3n) is 5.71. The van der Waals surface area contributed by atoms with Crippen LogP contribution in [0.4, 0.5) is 4.79 Å². The smallest absolute Gasteiger partial charge is 0.410 e. The lowest BCUT2D eigenvalue weighted by Crippen LogP contribution is -2.39. The van der Waals surface area contributed by atoms with Crippen LogP contribution in [0.5, 0.6) is 0 Å². The van der Waals surface area contributed by atoms with Crippen LogP contribution in [0.15, 0.2) is 24.3 Å². The summed E-state index contributed by atoms with van der Waals surface area (Å²) >= 11 is 0. The highest BCUT2D eigenvalue weighted by atomic mass is 16.6. The molecule has 1 fully saturated rings. The number of nitrogens with one attached hydrogen (secondary N) is 1. The number of carbonyl (C=O) groups is 2. The lowest BCUT2D eigenvalue weighted by Gasteiger charge is -2.22. The van der Waals surface area contributed by atoms with E-state index in [2.05, 4.69) is 16.5 Å². The van der Waals surface area contributed by atoms with E-state index in [0.29, 0.717) is 38.5 Å². The number of rotatable bonds is 4. The number of aryl methyl sites for hydroxylation is 3. The maximum Gasteiger partial charge on any atom is 0.410 e. The van der Waals surface area contributed by atoms with Crippen molar-refractivity contribution in [2.75, 3.05) is 19.8 Å². The first-order chi connectivity index (χ1) is 15.0. The Hall–Kier alpha value is -2.87. The fraction of sp³-hybridized carbons (Fsp3) is 0.522. The van der Waals surface area contributed by atoms with Crippen molar-refractivity contribution in [1.82, 2.24) is 20.0 Å². The fourth-order valence-electron chi connectivity index (χ4n) is 4.22. The average molecular weight is 427 g/mol. The quantitative estimate of drug-likeness (QED) is 0.812. The number of nitrogens with zero attached hydrogens (tertiary/aromatic N) is 3. The Labute approximate surface area is 182 Å². The zero-order chi connectivity index (χ0) is 21.8. The van der Waals surface area contributed by atoms with Crippen LogP contribution in [0.1, 0.15) is 52.1 Å². The predicted octanol–water partition coefficient (Wildman–Crippen LogP) is 2.95. The van der Waals surface area contributed by atoms with Gasteiger partial charge in [-0.1, -0.05) is 29.3 Å². The Balaban J connectivity index is 1.37. The van der Waals surface area contributed by atoms with E-state index >= 15 is 0 Å². The summed E-state index contributed by atoms with van der Waals surface area (Å²) in [6, 6.07) is 8.06. The zero-order valence-corrected chi connectivity index (χ0v) is 18.2. The van der Waals surface area contributed by atoms with Crippen molar-refractivity contribution in [3.63, 3.8) is 0 Å². The Kier molecular flexibility index (Phi) is 6.56. The molecule has 2 aliphatic rings. The van der Waals surface area contributed by atoms with Crippen molar-refractivity contribution in [3.8, 4) is 0 Å². The molecule has 1 N–H and O–H groups in total. The minimum atomic E-state index is -0.345. The van der Waals surface area contributed by atoms with Crippen LogP contribution in [0.25, 0.3) is 0 Å². The minimum Gasteiger partial charge on any atom is -0.445 e. The number of hydrogen-bond acceptors (Lipinski definition) is 5. The van der Waals surface area contributed by atoms with E-state index in [-0.39, 0.29) is 24.6 Å².